The van der Waals surface area contributed by atoms with Crippen molar-refractivity contribution in [2.45, 2.75) is 13.0 Å². The van der Waals surface area contributed by atoms with Crippen LogP contribution in [-0.2, 0) is 13.0 Å². The molecule has 2 aromatic heterocycles. The maximum absolute atomic E-state index is 6.12. The Kier molecular flexibility index (Phi) is 3.64. The minimum Gasteiger partial charge on any atom is -0.467 e. The van der Waals surface area contributed by atoms with Crippen molar-refractivity contribution in [3.05, 3.63) is 89.1 Å². The van der Waals surface area contributed by atoms with Gasteiger partial charge in [0.1, 0.15) is 11.6 Å². The van der Waals surface area contributed by atoms with Crippen LogP contribution in [0.15, 0.2) is 71.3 Å². The number of hydrogen-bond acceptors (Lipinski definition) is 2. The second-order valence-corrected chi connectivity index (χ2v) is 5.93. The molecule has 0 aliphatic rings. The van der Waals surface area contributed by atoms with Crippen LogP contribution in [0.2, 0.25) is 5.02 Å². The second-order valence-electron chi connectivity index (χ2n) is 5.49. The summed E-state index contributed by atoms with van der Waals surface area (Å²) in [4.78, 5) is 4.79. The van der Waals surface area contributed by atoms with Crippen LogP contribution in [0.25, 0.3) is 11.0 Å². The Hall–Kier alpha value is -2.52. The zero-order chi connectivity index (χ0) is 15.6. The Morgan fingerprint density at radius 2 is 1.87 bits per heavy atom. The van der Waals surface area contributed by atoms with Gasteiger partial charge in [-0.25, -0.2) is 4.98 Å². The largest absolute Gasteiger partial charge is 0.467 e. The van der Waals surface area contributed by atoms with Crippen molar-refractivity contribution < 1.29 is 4.42 Å². The topological polar surface area (TPSA) is 31.0 Å². The first-order valence-corrected chi connectivity index (χ1v) is 7.88. The molecule has 0 saturated carbocycles. The summed E-state index contributed by atoms with van der Waals surface area (Å²) in [5.74, 6) is 1.92. The summed E-state index contributed by atoms with van der Waals surface area (Å²) in [5, 5.41) is 0.700. The fourth-order valence-electron chi connectivity index (χ4n) is 2.80. The minimum absolute atomic E-state index is 0.660. The third-order valence-corrected chi connectivity index (χ3v) is 4.12. The maximum Gasteiger partial charge on any atom is 0.123 e. The maximum atomic E-state index is 6.12. The van der Waals surface area contributed by atoms with Crippen LogP contribution < -0.4 is 0 Å². The van der Waals surface area contributed by atoms with Crippen molar-refractivity contribution in [2.24, 2.45) is 0 Å². The monoisotopic (exact) mass is 322 g/mol. The van der Waals surface area contributed by atoms with Crippen LogP contribution in [-0.4, -0.2) is 9.55 Å². The SMILES string of the molecule is Clc1ccc2c(c1)nc(Cc1ccccc1)n2Cc1ccco1. The number of hydrogen-bond donors (Lipinski definition) is 0. The van der Waals surface area contributed by atoms with E-state index < -0.39 is 0 Å². The molecule has 3 nitrogen and oxygen atoms in total. The summed E-state index contributed by atoms with van der Waals surface area (Å²) in [6.07, 6.45) is 2.47. The van der Waals surface area contributed by atoms with Crippen molar-refractivity contribution in [3.63, 3.8) is 0 Å². The normalized spacial score (nSPS) is 11.2. The number of rotatable bonds is 4. The van der Waals surface area contributed by atoms with E-state index in [9.17, 15) is 0 Å². The van der Waals surface area contributed by atoms with E-state index in [2.05, 4.69) is 16.7 Å². The van der Waals surface area contributed by atoms with E-state index in [4.69, 9.17) is 21.0 Å². The summed E-state index contributed by atoms with van der Waals surface area (Å²) >= 11 is 6.12. The zero-order valence-corrected chi connectivity index (χ0v) is 13.2. The minimum atomic E-state index is 0.660. The molecule has 0 atom stereocenters. The molecule has 4 rings (SSSR count). The standard InChI is InChI=1S/C19H15ClN2O/c20-15-8-9-18-17(12-15)21-19(11-14-5-2-1-3-6-14)22(18)13-16-7-4-10-23-16/h1-10,12H,11,13H2. The summed E-state index contributed by atoms with van der Waals surface area (Å²) in [7, 11) is 0. The molecule has 0 saturated heterocycles. The predicted molar refractivity (Wildman–Crippen MR) is 91.8 cm³/mol. The Morgan fingerprint density at radius 3 is 2.65 bits per heavy atom. The van der Waals surface area contributed by atoms with Gasteiger partial charge in [-0.1, -0.05) is 41.9 Å². The van der Waals surface area contributed by atoms with Gasteiger partial charge in [0.15, 0.2) is 0 Å². The number of halogens is 1. The Bertz CT molecular complexity index is 927. The Morgan fingerprint density at radius 1 is 1.00 bits per heavy atom. The van der Waals surface area contributed by atoms with Crippen LogP contribution in [0.5, 0.6) is 0 Å². The lowest BCUT2D eigenvalue weighted by Crippen LogP contribution is -2.05. The molecular formula is C19H15ClN2O. The van der Waals surface area contributed by atoms with Gasteiger partial charge in [0.05, 0.1) is 23.8 Å². The van der Waals surface area contributed by atoms with E-state index in [1.807, 2.05) is 48.5 Å². The highest BCUT2D eigenvalue weighted by atomic mass is 35.5. The molecule has 114 valence electrons. The molecule has 2 aromatic carbocycles. The molecule has 4 heteroatoms. The van der Waals surface area contributed by atoms with E-state index in [-0.39, 0.29) is 0 Å². The molecule has 0 bridgehead atoms. The van der Waals surface area contributed by atoms with Crippen molar-refractivity contribution in [1.29, 1.82) is 0 Å². The van der Waals surface area contributed by atoms with Gasteiger partial charge < -0.3 is 8.98 Å². The van der Waals surface area contributed by atoms with Gasteiger partial charge in [0, 0.05) is 11.4 Å². The van der Waals surface area contributed by atoms with Crippen LogP contribution >= 0.6 is 11.6 Å². The van der Waals surface area contributed by atoms with Crippen molar-refractivity contribution in [3.8, 4) is 0 Å². The average Bonchev–Trinajstić information content (AvgIpc) is 3.17. The quantitative estimate of drug-likeness (QED) is 0.534. The number of benzene rings is 2. The highest BCUT2D eigenvalue weighted by Gasteiger charge is 2.13. The highest BCUT2D eigenvalue weighted by molar-refractivity contribution is 6.31. The molecular weight excluding hydrogens is 308 g/mol. The molecule has 0 N–H and O–H groups in total. The summed E-state index contributed by atoms with van der Waals surface area (Å²) < 4.78 is 7.70. The van der Waals surface area contributed by atoms with Gasteiger partial charge in [0.2, 0.25) is 0 Å². The second kappa shape index (κ2) is 5.94. The van der Waals surface area contributed by atoms with E-state index in [0.717, 1.165) is 29.0 Å². The molecule has 0 amide bonds. The first-order chi connectivity index (χ1) is 11.3. The fraction of sp³-hybridized carbons (Fsp3) is 0.105. The van der Waals surface area contributed by atoms with Gasteiger partial charge in [0.25, 0.3) is 0 Å². The fourth-order valence-corrected chi connectivity index (χ4v) is 2.97. The van der Waals surface area contributed by atoms with Gasteiger partial charge in [-0.3, -0.25) is 0 Å². The van der Waals surface area contributed by atoms with E-state index in [1.54, 1.807) is 6.26 Å². The lowest BCUT2D eigenvalue weighted by atomic mass is 10.1. The molecule has 0 fully saturated rings. The van der Waals surface area contributed by atoms with Crippen molar-refractivity contribution >= 4 is 22.6 Å². The van der Waals surface area contributed by atoms with Crippen LogP contribution in [0.3, 0.4) is 0 Å². The molecule has 0 radical (unpaired) electrons. The Balaban J connectivity index is 1.81. The smallest absolute Gasteiger partial charge is 0.123 e. The molecule has 4 aromatic rings. The number of nitrogens with zero attached hydrogens (tertiary/aromatic N) is 2. The van der Waals surface area contributed by atoms with Crippen molar-refractivity contribution in [1.82, 2.24) is 9.55 Å². The van der Waals surface area contributed by atoms with Gasteiger partial charge in [-0.15, -0.1) is 0 Å². The van der Waals surface area contributed by atoms with Crippen LogP contribution in [0.4, 0.5) is 0 Å². The molecule has 0 spiro atoms. The van der Waals surface area contributed by atoms with E-state index >= 15 is 0 Å². The van der Waals surface area contributed by atoms with Gasteiger partial charge >= 0.3 is 0 Å². The third-order valence-electron chi connectivity index (χ3n) is 3.89. The molecule has 0 aliphatic heterocycles. The van der Waals surface area contributed by atoms with Crippen molar-refractivity contribution in [2.75, 3.05) is 0 Å². The summed E-state index contributed by atoms with van der Waals surface area (Å²) in [5.41, 5.74) is 3.21. The lowest BCUT2D eigenvalue weighted by molar-refractivity contribution is 0.492. The molecule has 23 heavy (non-hydrogen) atoms. The van der Waals surface area contributed by atoms with Crippen LogP contribution in [0.1, 0.15) is 17.1 Å². The van der Waals surface area contributed by atoms with E-state index in [1.165, 1.54) is 5.56 Å². The lowest BCUT2D eigenvalue weighted by Gasteiger charge is -2.08. The third kappa shape index (κ3) is 2.88. The first-order valence-electron chi connectivity index (χ1n) is 7.50. The molecule has 0 unspecified atom stereocenters. The number of aromatic nitrogens is 2. The average molecular weight is 323 g/mol. The van der Waals surface area contributed by atoms with Gasteiger partial charge in [-0.2, -0.15) is 0 Å². The number of furan rings is 1. The van der Waals surface area contributed by atoms with E-state index in [0.29, 0.717) is 11.6 Å². The number of fused-ring (bicyclic) bond motifs is 1. The first kappa shape index (κ1) is 14.1. The predicted octanol–water partition coefficient (Wildman–Crippen LogP) is 4.92. The summed E-state index contributed by atoms with van der Waals surface area (Å²) in [6.45, 7) is 0.660. The summed E-state index contributed by atoms with van der Waals surface area (Å²) in [6, 6.07) is 20.1. The molecule has 0 aliphatic carbocycles. The number of imidazole rings is 1. The molecule has 2 heterocycles. The zero-order valence-electron chi connectivity index (χ0n) is 12.4. The van der Waals surface area contributed by atoms with Gasteiger partial charge in [-0.05, 0) is 35.9 Å². The van der Waals surface area contributed by atoms with Crippen LogP contribution in [0, 0.1) is 0 Å². The highest BCUT2D eigenvalue weighted by Crippen LogP contribution is 2.23. The Labute approximate surface area is 139 Å².